The average molecular weight is 326 g/mol. The van der Waals surface area contributed by atoms with Crippen molar-refractivity contribution in [1.29, 1.82) is 0 Å². The van der Waals surface area contributed by atoms with Crippen molar-refractivity contribution in [3.05, 3.63) is 60.2 Å². The number of nitrogens with one attached hydrogen (secondary N) is 1. The molecule has 0 aliphatic carbocycles. The Kier molecular flexibility index (Phi) is 6.37. The maximum absolute atomic E-state index is 12.1. The summed E-state index contributed by atoms with van der Waals surface area (Å²) in [7, 11) is 0. The lowest BCUT2D eigenvalue weighted by Gasteiger charge is -2.18. The molecule has 2 rings (SSSR count). The minimum atomic E-state index is -0.166. The van der Waals surface area contributed by atoms with Crippen LogP contribution in [-0.4, -0.2) is 36.4 Å². The Morgan fingerprint density at radius 2 is 1.58 bits per heavy atom. The van der Waals surface area contributed by atoms with E-state index >= 15 is 0 Å². The zero-order valence-electron chi connectivity index (χ0n) is 14.0. The largest absolute Gasteiger partial charge is 0.484 e. The highest BCUT2D eigenvalue weighted by Gasteiger charge is 2.10. The Balaban J connectivity index is 1.89. The van der Waals surface area contributed by atoms with Crippen LogP contribution in [0.1, 0.15) is 24.2 Å². The normalized spacial score (nSPS) is 10.1. The lowest BCUT2D eigenvalue weighted by Crippen LogP contribution is -2.34. The Morgan fingerprint density at radius 1 is 0.958 bits per heavy atom. The fourth-order valence-electron chi connectivity index (χ4n) is 2.24. The molecule has 5 heteroatoms. The number of hydrogen-bond donors (Lipinski definition) is 1. The van der Waals surface area contributed by atoms with E-state index in [0.29, 0.717) is 30.1 Å². The van der Waals surface area contributed by atoms with Crippen molar-refractivity contribution >= 4 is 17.5 Å². The molecule has 5 nitrogen and oxygen atoms in total. The molecule has 0 fully saturated rings. The van der Waals surface area contributed by atoms with E-state index in [2.05, 4.69) is 5.32 Å². The van der Waals surface area contributed by atoms with Gasteiger partial charge in [0.1, 0.15) is 5.75 Å². The van der Waals surface area contributed by atoms with Crippen LogP contribution in [0.4, 0.5) is 5.69 Å². The highest BCUT2D eigenvalue weighted by molar-refractivity contribution is 6.04. The van der Waals surface area contributed by atoms with Gasteiger partial charge in [-0.3, -0.25) is 9.59 Å². The van der Waals surface area contributed by atoms with E-state index in [1.54, 1.807) is 41.3 Å². The standard InChI is InChI=1S/C19H22N2O3/c1-3-21(4-2)18(22)14-24-17-12-10-16(11-13-17)20-19(23)15-8-6-5-7-9-15/h5-13H,3-4,14H2,1-2H3,(H,20,23). The second-order valence-electron chi connectivity index (χ2n) is 5.20. The predicted octanol–water partition coefficient (Wildman–Crippen LogP) is 3.19. The summed E-state index contributed by atoms with van der Waals surface area (Å²) in [4.78, 5) is 25.7. The number of amides is 2. The number of hydrogen-bond acceptors (Lipinski definition) is 3. The zero-order valence-corrected chi connectivity index (χ0v) is 14.0. The fourth-order valence-corrected chi connectivity index (χ4v) is 2.24. The first-order valence-corrected chi connectivity index (χ1v) is 8.01. The number of rotatable bonds is 7. The first-order chi connectivity index (χ1) is 11.6. The van der Waals surface area contributed by atoms with Gasteiger partial charge in [-0.2, -0.15) is 0 Å². The molecule has 0 unspecified atom stereocenters. The highest BCUT2D eigenvalue weighted by Crippen LogP contribution is 2.16. The van der Waals surface area contributed by atoms with Crippen molar-refractivity contribution in [3.63, 3.8) is 0 Å². The Labute approximate surface area is 142 Å². The van der Waals surface area contributed by atoms with Gasteiger partial charge in [-0.15, -0.1) is 0 Å². The number of ether oxygens (including phenoxy) is 1. The minimum Gasteiger partial charge on any atom is -0.484 e. The van der Waals surface area contributed by atoms with Gasteiger partial charge in [0, 0.05) is 24.3 Å². The summed E-state index contributed by atoms with van der Waals surface area (Å²) >= 11 is 0. The summed E-state index contributed by atoms with van der Waals surface area (Å²) in [6.45, 7) is 5.22. The van der Waals surface area contributed by atoms with Crippen LogP contribution in [0.25, 0.3) is 0 Å². The van der Waals surface area contributed by atoms with Crippen LogP contribution >= 0.6 is 0 Å². The Bertz CT molecular complexity index is 665. The molecule has 0 spiro atoms. The molecule has 0 saturated heterocycles. The van der Waals surface area contributed by atoms with Crippen molar-refractivity contribution in [1.82, 2.24) is 4.90 Å². The van der Waals surface area contributed by atoms with Gasteiger partial charge in [0.15, 0.2) is 6.61 Å². The fraction of sp³-hybridized carbons (Fsp3) is 0.263. The van der Waals surface area contributed by atoms with Crippen molar-refractivity contribution in [2.24, 2.45) is 0 Å². The molecule has 1 N–H and O–H groups in total. The third kappa shape index (κ3) is 4.84. The number of nitrogens with zero attached hydrogens (tertiary/aromatic N) is 1. The van der Waals surface area contributed by atoms with Crippen LogP contribution in [0, 0.1) is 0 Å². The quantitative estimate of drug-likeness (QED) is 0.850. The van der Waals surface area contributed by atoms with Crippen LogP contribution in [-0.2, 0) is 4.79 Å². The lowest BCUT2D eigenvalue weighted by atomic mass is 10.2. The van der Waals surface area contributed by atoms with E-state index in [0.717, 1.165) is 0 Å². The maximum Gasteiger partial charge on any atom is 0.260 e. The lowest BCUT2D eigenvalue weighted by molar-refractivity contribution is -0.132. The van der Waals surface area contributed by atoms with Gasteiger partial charge in [0.2, 0.25) is 0 Å². The molecule has 0 bridgehead atoms. The van der Waals surface area contributed by atoms with E-state index in [1.165, 1.54) is 0 Å². The van der Waals surface area contributed by atoms with E-state index in [-0.39, 0.29) is 18.4 Å². The molecule has 0 aliphatic heterocycles. The van der Waals surface area contributed by atoms with Crippen LogP contribution in [0.5, 0.6) is 5.75 Å². The number of benzene rings is 2. The molecule has 126 valence electrons. The zero-order chi connectivity index (χ0) is 17.4. The van der Waals surface area contributed by atoms with Gasteiger partial charge in [0.25, 0.3) is 11.8 Å². The maximum atomic E-state index is 12.1. The van der Waals surface area contributed by atoms with Gasteiger partial charge in [-0.05, 0) is 50.2 Å². The van der Waals surface area contributed by atoms with Crippen molar-refractivity contribution in [2.45, 2.75) is 13.8 Å². The van der Waals surface area contributed by atoms with Crippen LogP contribution in [0.3, 0.4) is 0 Å². The van der Waals surface area contributed by atoms with E-state index in [1.807, 2.05) is 32.0 Å². The molecular formula is C19H22N2O3. The minimum absolute atomic E-state index is 0.0113. The van der Waals surface area contributed by atoms with Gasteiger partial charge >= 0.3 is 0 Å². The monoisotopic (exact) mass is 326 g/mol. The summed E-state index contributed by atoms with van der Waals surface area (Å²) in [5.74, 6) is 0.385. The SMILES string of the molecule is CCN(CC)C(=O)COc1ccc(NC(=O)c2ccccc2)cc1. The molecule has 0 aliphatic rings. The number of carbonyl (C=O) groups excluding carboxylic acids is 2. The Hall–Kier alpha value is -2.82. The molecule has 24 heavy (non-hydrogen) atoms. The highest BCUT2D eigenvalue weighted by atomic mass is 16.5. The number of carbonyl (C=O) groups is 2. The Morgan fingerprint density at radius 3 is 2.17 bits per heavy atom. The van der Waals surface area contributed by atoms with Crippen LogP contribution in [0.2, 0.25) is 0 Å². The first kappa shape index (κ1) is 17.5. The van der Waals surface area contributed by atoms with Gasteiger partial charge in [-0.1, -0.05) is 18.2 Å². The molecule has 0 aromatic heterocycles. The summed E-state index contributed by atoms with van der Waals surface area (Å²) in [6.07, 6.45) is 0. The molecular weight excluding hydrogens is 304 g/mol. The molecule has 0 saturated carbocycles. The van der Waals surface area contributed by atoms with E-state index in [4.69, 9.17) is 4.74 Å². The number of anilines is 1. The second-order valence-corrected chi connectivity index (χ2v) is 5.20. The van der Waals surface area contributed by atoms with Crippen LogP contribution in [0.15, 0.2) is 54.6 Å². The molecule has 0 atom stereocenters. The van der Waals surface area contributed by atoms with Gasteiger partial charge < -0.3 is 15.0 Å². The summed E-state index contributed by atoms with van der Waals surface area (Å²) in [6, 6.07) is 16.0. The van der Waals surface area contributed by atoms with E-state index in [9.17, 15) is 9.59 Å². The van der Waals surface area contributed by atoms with Crippen molar-refractivity contribution < 1.29 is 14.3 Å². The van der Waals surface area contributed by atoms with Gasteiger partial charge in [0.05, 0.1) is 0 Å². The van der Waals surface area contributed by atoms with Gasteiger partial charge in [-0.25, -0.2) is 0 Å². The summed E-state index contributed by atoms with van der Waals surface area (Å²) in [5, 5.41) is 2.82. The van der Waals surface area contributed by atoms with Crippen molar-refractivity contribution in [2.75, 3.05) is 25.0 Å². The molecule has 0 heterocycles. The first-order valence-electron chi connectivity index (χ1n) is 8.01. The second kappa shape index (κ2) is 8.72. The molecule has 2 amide bonds. The summed E-state index contributed by atoms with van der Waals surface area (Å²) in [5.41, 5.74) is 1.27. The number of likely N-dealkylation sites (N-methyl/N-ethyl adjacent to an activating group) is 1. The smallest absolute Gasteiger partial charge is 0.260 e. The molecule has 2 aromatic carbocycles. The van der Waals surface area contributed by atoms with E-state index < -0.39 is 0 Å². The topological polar surface area (TPSA) is 58.6 Å². The van der Waals surface area contributed by atoms with Crippen LogP contribution < -0.4 is 10.1 Å². The van der Waals surface area contributed by atoms with Crippen molar-refractivity contribution in [3.8, 4) is 5.75 Å². The third-order valence-electron chi connectivity index (χ3n) is 3.63. The molecule has 0 radical (unpaired) electrons. The average Bonchev–Trinajstić information content (AvgIpc) is 2.63. The predicted molar refractivity (Wildman–Crippen MR) is 94.3 cm³/mol. The third-order valence-corrected chi connectivity index (χ3v) is 3.63. The summed E-state index contributed by atoms with van der Waals surface area (Å²) < 4.78 is 5.49. The molecule has 2 aromatic rings.